The van der Waals surface area contributed by atoms with E-state index in [1.165, 1.54) is 30.2 Å². The summed E-state index contributed by atoms with van der Waals surface area (Å²) >= 11 is 6.08. The standard InChI is InChI=1S/C20H21ClN2O5S/c1-23-10-9-13(20(23)25)12-29(26,27)14-7-8-18(28-2)15(11-14)19(24)22-17-6-4-3-5-16(17)21/h3-8,11,13H,9-10,12H2,1-2H3,(H,22,24)/t13-/m1/s1. The molecule has 1 fully saturated rings. The van der Waals surface area contributed by atoms with Crippen molar-refractivity contribution in [2.45, 2.75) is 11.3 Å². The topological polar surface area (TPSA) is 92.8 Å². The molecular weight excluding hydrogens is 416 g/mol. The predicted octanol–water partition coefficient (Wildman–Crippen LogP) is 2.85. The molecule has 154 valence electrons. The number of halogens is 1. The Kier molecular flexibility index (Phi) is 6.14. The summed E-state index contributed by atoms with van der Waals surface area (Å²) in [6.07, 6.45) is 0.491. The van der Waals surface area contributed by atoms with E-state index in [4.69, 9.17) is 16.3 Å². The minimum absolute atomic E-state index is 0.0371. The Morgan fingerprint density at radius 2 is 2.00 bits per heavy atom. The molecule has 2 amide bonds. The number of sulfone groups is 1. The lowest BCUT2D eigenvalue weighted by molar-refractivity contribution is -0.129. The fourth-order valence-electron chi connectivity index (χ4n) is 3.22. The third-order valence-electron chi connectivity index (χ3n) is 4.86. The van der Waals surface area contributed by atoms with Gasteiger partial charge in [0.25, 0.3) is 5.91 Å². The molecule has 1 aliphatic heterocycles. The Hall–Kier alpha value is -2.58. The van der Waals surface area contributed by atoms with Gasteiger partial charge in [-0.25, -0.2) is 8.42 Å². The molecule has 1 atom stereocenters. The normalized spacial score (nSPS) is 16.7. The van der Waals surface area contributed by atoms with E-state index in [-0.39, 0.29) is 27.9 Å². The first kappa shape index (κ1) is 21.1. The zero-order valence-corrected chi connectivity index (χ0v) is 17.6. The van der Waals surface area contributed by atoms with Crippen LogP contribution in [0, 0.1) is 5.92 Å². The van der Waals surface area contributed by atoms with E-state index in [1.807, 2.05) is 0 Å². The molecule has 0 radical (unpaired) electrons. The molecule has 3 rings (SSSR count). The van der Waals surface area contributed by atoms with Crippen molar-refractivity contribution in [3.8, 4) is 5.75 Å². The van der Waals surface area contributed by atoms with Gasteiger partial charge in [-0.05, 0) is 36.8 Å². The van der Waals surface area contributed by atoms with Crippen LogP contribution in [-0.2, 0) is 14.6 Å². The van der Waals surface area contributed by atoms with E-state index >= 15 is 0 Å². The maximum absolute atomic E-state index is 12.9. The van der Waals surface area contributed by atoms with Gasteiger partial charge in [-0.3, -0.25) is 9.59 Å². The highest BCUT2D eigenvalue weighted by Gasteiger charge is 2.34. The second-order valence-corrected chi connectivity index (χ2v) is 9.26. The minimum atomic E-state index is -3.77. The summed E-state index contributed by atoms with van der Waals surface area (Å²) in [4.78, 5) is 26.3. The molecule has 0 aliphatic carbocycles. The van der Waals surface area contributed by atoms with Crippen molar-refractivity contribution in [3.63, 3.8) is 0 Å². The smallest absolute Gasteiger partial charge is 0.259 e. The molecule has 1 saturated heterocycles. The molecule has 1 heterocycles. The van der Waals surface area contributed by atoms with Gasteiger partial charge in [0, 0.05) is 13.6 Å². The van der Waals surface area contributed by atoms with Crippen LogP contribution < -0.4 is 10.1 Å². The Labute approximate surface area is 174 Å². The molecule has 0 spiro atoms. The highest BCUT2D eigenvalue weighted by Crippen LogP contribution is 2.28. The lowest BCUT2D eigenvalue weighted by Crippen LogP contribution is -2.27. The zero-order valence-electron chi connectivity index (χ0n) is 16.0. The van der Waals surface area contributed by atoms with Crippen LogP contribution in [0.2, 0.25) is 5.02 Å². The quantitative estimate of drug-likeness (QED) is 0.751. The van der Waals surface area contributed by atoms with Gasteiger partial charge in [0.15, 0.2) is 9.84 Å². The van der Waals surface area contributed by atoms with Crippen molar-refractivity contribution < 1.29 is 22.7 Å². The van der Waals surface area contributed by atoms with Crippen molar-refractivity contribution in [3.05, 3.63) is 53.1 Å². The number of nitrogens with zero attached hydrogens (tertiary/aromatic N) is 1. The number of amides is 2. The minimum Gasteiger partial charge on any atom is -0.496 e. The summed E-state index contributed by atoms with van der Waals surface area (Å²) in [5.74, 6) is -1.38. The van der Waals surface area contributed by atoms with Crippen molar-refractivity contribution in [1.29, 1.82) is 0 Å². The van der Waals surface area contributed by atoms with Crippen LogP contribution in [-0.4, -0.2) is 51.6 Å². The number of para-hydroxylation sites is 1. The van der Waals surface area contributed by atoms with Gasteiger partial charge in [-0.1, -0.05) is 23.7 Å². The predicted molar refractivity (Wildman–Crippen MR) is 110 cm³/mol. The summed E-state index contributed by atoms with van der Waals surface area (Å²) in [6, 6.07) is 10.8. The summed E-state index contributed by atoms with van der Waals surface area (Å²) in [5, 5.41) is 3.01. The summed E-state index contributed by atoms with van der Waals surface area (Å²) < 4.78 is 30.9. The lowest BCUT2D eigenvalue weighted by Gasteiger charge is -2.14. The van der Waals surface area contributed by atoms with E-state index in [0.717, 1.165) is 0 Å². The van der Waals surface area contributed by atoms with E-state index in [1.54, 1.807) is 31.3 Å². The number of anilines is 1. The van der Waals surface area contributed by atoms with Crippen molar-refractivity contribution >= 4 is 38.9 Å². The fraction of sp³-hybridized carbons (Fsp3) is 0.300. The molecule has 0 bridgehead atoms. The molecule has 1 aliphatic rings. The van der Waals surface area contributed by atoms with Crippen LogP contribution in [0.1, 0.15) is 16.8 Å². The number of methoxy groups -OCH3 is 1. The van der Waals surface area contributed by atoms with Gasteiger partial charge in [0.05, 0.1) is 39.9 Å². The van der Waals surface area contributed by atoms with E-state index in [0.29, 0.717) is 23.7 Å². The maximum atomic E-state index is 12.9. The molecule has 7 nitrogen and oxygen atoms in total. The number of nitrogens with one attached hydrogen (secondary N) is 1. The molecular formula is C20H21ClN2O5S. The summed E-state index contributed by atoms with van der Waals surface area (Å²) in [6.45, 7) is 0.535. The van der Waals surface area contributed by atoms with Gasteiger partial charge >= 0.3 is 0 Å². The Morgan fingerprint density at radius 3 is 2.62 bits per heavy atom. The van der Waals surface area contributed by atoms with Crippen molar-refractivity contribution in [2.75, 3.05) is 31.8 Å². The van der Waals surface area contributed by atoms with Gasteiger partial charge < -0.3 is 15.0 Å². The molecule has 0 aromatic heterocycles. The molecule has 1 N–H and O–H groups in total. The molecule has 2 aromatic rings. The fourth-order valence-corrected chi connectivity index (χ4v) is 5.01. The van der Waals surface area contributed by atoms with Gasteiger partial charge in [0.2, 0.25) is 5.91 Å². The van der Waals surface area contributed by atoms with E-state index < -0.39 is 21.7 Å². The zero-order chi connectivity index (χ0) is 21.2. The Morgan fingerprint density at radius 1 is 1.28 bits per heavy atom. The SMILES string of the molecule is COc1ccc(S(=O)(=O)C[C@H]2CCN(C)C2=O)cc1C(=O)Nc1ccccc1Cl. The van der Waals surface area contributed by atoms with Crippen LogP contribution in [0.3, 0.4) is 0 Å². The highest BCUT2D eigenvalue weighted by atomic mass is 35.5. The van der Waals surface area contributed by atoms with Gasteiger partial charge in [0.1, 0.15) is 5.75 Å². The molecule has 2 aromatic carbocycles. The first-order chi connectivity index (χ1) is 13.7. The van der Waals surface area contributed by atoms with Crippen molar-refractivity contribution in [2.24, 2.45) is 5.92 Å². The molecule has 9 heteroatoms. The van der Waals surface area contributed by atoms with Crippen molar-refractivity contribution in [1.82, 2.24) is 4.90 Å². The monoisotopic (exact) mass is 436 g/mol. The number of carbonyl (C=O) groups is 2. The number of carbonyl (C=O) groups excluding carboxylic acids is 2. The van der Waals surface area contributed by atoms with Crippen LogP contribution in [0.15, 0.2) is 47.4 Å². The number of hydrogen-bond donors (Lipinski definition) is 1. The average molecular weight is 437 g/mol. The average Bonchev–Trinajstić information content (AvgIpc) is 3.00. The Bertz CT molecular complexity index is 1050. The Balaban J connectivity index is 1.89. The van der Waals surface area contributed by atoms with Gasteiger partial charge in [-0.2, -0.15) is 0 Å². The lowest BCUT2D eigenvalue weighted by atomic mass is 10.1. The van der Waals surface area contributed by atoms with Crippen LogP contribution in [0.25, 0.3) is 0 Å². The number of ether oxygens (including phenoxy) is 1. The van der Waals surface area contributed by atoms with E-state index in [9.17, 15) is 18.0 Å². The number of benzene rings is 2. The third kappa shape index (κ3) is 4.54. The van der Waals surface area contributed by atoms with E-state index in [2.05, 4.69) is 5.32 Å². The molecule has 0 unspecified atom stereocenters. The number of rotatable bonds is 6. The molecule has 29 heavy (non-hydrogen) atoms. The third-order valence-corrected chi connectivity index (χ3v) is 7.00. The number of likely N-dealkylation sites (tertiary alicyclic amines) is 1. The van der Waals surface area contributed by atoms with Gasteiger partial charge in [-0.15, -0.1) is 0 Å². The second kappa shape index (κ2) is 8.42. The first-order valence-corrected chi connectivity index (χ1v) is 11.0. The van der Waals surface area contributed by atoms with Crippen LogP contribution >= 0.6 is 11.6 Å². The summed E-state index contributed by atoms with van der Waals surface area (Å²) in [7, 11) is -0.727. The number of hydrogen-bond acceptors (Lipinski definition) is 5. The van der Waals surface area contributed by atoms with Crippen LogP contribution in [0.4, 0.5) is 5.69 Å². The largest absolute Gasteiger partial charge is 0.496 e. The molecule has 0 saturated carbocycles. The first-order valence-electron chi connectivity index (χ1n) is 8.94. The maximum Gasteiger partial charge on any atom is 0.259 e. The summed E-state index contributed by atoms with van der Waals surface area (Å²) in [5.41, 5.74) is 0.456. The second-order valence-electron chi connectivity index (χ2n) is 6.82. The highest BCUT2D eigenvalue weighted by molar-refractivity contribution is 7.91. The van der Waals surface area contributed by atoms with Crippen LogP contribution in [0.5, 0.6) is 5.75 Å².